The van der Waals surface area contributed by atoms with Crippen molar-refractivity contribution in [3.63, 3.8) is 0 Å². The van der Waals surface area contributed by atoms with E-state index in [2.05, 4.69) is 9.47 Å². The van der Waals surface area contributed by atoms with Crippen molar-refractivity contribution < 1.29 is 40.6 Å². The number of rotatable bonds is 4. The summed E-state index contributed by atoms with van der Waals surface area (Å²) >= 11 is 0. The fraction of sp³-hybridized carbons (Fsp3) is 0.133. The Kier molecular flexibility index (Phi) is 4.72. The van der Waals surface area contributed by atoms with Gasteiger partial charge < -0.3 is 9.47 Å². The third-order valence-electron chi connectivity index (χ3n) is 2.71. The standard InChI is InChI=1S/C15H8F6O3/c16-14(17,18)23-11-7-3-1-5-9(11)13(22)10-6-2-4-8-12(10)24-15(19,20)21/h1-8H. The van der Waals surface area contributed by atoms with E-state index in [1.54, 1.807) is 0 Å². The maximum atomic E-state index is 12.4. The lowest BCUT2D eigenvalue weighted by molar-refractivity contribution is -0.275. The zero-order valence-corrected chi connectivity index (χ0v) is 11.6. The molecule has 3 nitrogen and oxygen atoms in total. The summed E-state index contributed by atoms with van der Waals surface area (Å²) < 4.78 is 81.8. The molecule has 0 bridgehead atoms. The van der Waals surface area contributed by atoms with Crippen LogP contribution >= 0.6 is 0 Å². The summed E-state index contributed by atoms with van der Waals surface area (Å²) in [5.74, 6) is -2.75. The van der Waals surface area contributed by atoms with E-state index in [1.165, 1.54) is 24.3 Å². The Balaban J connectivity index is 2.44. The highest BCUT2D eigenvalue weighted by atomic mass is 19.4. The first-order chi connectivity index (χ1) is 11.1. The first kappa shape index (κ1) is 17.6. The van der Waals surface area contributed by atoms with Gasteiger partial charge in [0.15, 0.2) is 5.78 Å². The minimum atomic E-state index is -5.06. The van der Waals surface area contributed by atoms with Gasteiger partial charge in [-0.1, -0.05) is 24.3 Å². The first-order valence-corrected chi connectivity index (χ1v) is 6.31. The molecule has 0 radical (unpaired) electrons. The molecule has 0 aliphatic heterocycles. The van der Waals surface area contributed by atoms with E-state index in [-0.39, 0.29) is 0 Å². The molecule has 0 aliphatic carbocycles. The molecule has 2 aromatic rings. The molecule has 24 heavy (non-hydrogen) atoms. The van der Waals surface area contributed by atoms with Crippen LogP contribution in [0.5, 0.6) is 11.5 Å². The quantitative estimate of drug-likeness (QED) is 0.592. The van der Waals surface area contributed by atoms with Crippen LogP contribution in [-0.4, -0.2) is 18.5 Å². The van der Waals surface area contributed by atoms with Gasteiger partial charge in [0, 0.05) is 0 Å². The Bertz CT molecular complexity index is 675. The van der Waals surface area contributed by atoms with Gasteiger partial charge in [0.25, 0.3) is 0 Å². The molecule has 0 aromatic heterocycles. The normalized spacial score (nSPS) is 11.9. The molecule has 0 N–H and O–H groups in total. The van der Waals surface area contributed by atoms with Crippen LogP contribution in [0.15, 0.2) is 48.5 Å². The van der Waals surface area contributed by atoms with Gasteiger partial charge in [-0.2, -0.15) is 0 Å². The van der Waals surface area contributed by atoms with E-state index in [1.807, 2.05) is 0 Å². The highest BCUT2D eigenvalue weighted by Gasteiger charge is 2.35. The van der Waals surface area contributed by atoms with Crippen molar-refractivity contribution >= 4 is 5.78 Å². The highest BCUT2D eigenvalue weighted by Crippen LogP contribution is 2.32. The molecule has 0 saturated carbocycles. The molecule has 2 aromatic carbocycles. The van der Waals surface area contributed by atoms with Gasteiger partial charge in [-0.05, 0) is 24.3 Å². The largest absolute Gasteiger partial charge is 0.573 e. The van der Waals surface area contributed by atoms with Crippen LogP contribution in [-0.2, 0) is 0 Å². The van der Waals surface area contributed by atoms with Gasteiger partial charge in [0.05, 0.1) is 11.1 Å². The van der Waals surface area contributed by atoms with Crippen LogP contribution in [0.25, 0.3) is 0 Å². The van der Waals surface area contributed by atoms with E-state index in [4.69, 9.17) is 0 Å². The summed E-state index contributed by atoms with van der Waals surface area (Å²) in [7, 11) is 0. The van der Waals surface area contributed by atoms with Gasteiger partial charge in [0.1, 0.15) is 11.5 Å². The SMILES string of the molecule is O=C(c1ccccc1OC(F)(F)F)c1ccccc1OC(F)(F)F. The second kappa shape index (κ2) is 6.42. The molecule has 0 spiro atoms. The maximum absolute atomic E-state index is 12.4. The fourth-order valence-electron chi connectivity index (χ4n) is 1.88. The number of ketones is 1. The number of para-hydroxylation sites is 2. The summed E-state index contributed by atoms with van der Waals surface area (Å²) in [6.45, 7) is 0. The summed E-state index contributed by atoms with van der Waals surface area (Å²) in [6.07, 6.45) is -10.1. The Morgan fingerprint density at radius 1 is 0.667 bits per heavy atom. The number of halogens is 6. The highest BCUT2D eigenvalue weighted by molar-refractivity contribution is 6.12. The molecule has 0 atom stereocenters. The maximum Gasteiger partial charge on any atom is 0.573 e. The molecule has 2 rings (SSSR count). The Morgan fingerprint density at radius 3 is 1.33 bits per heavy atom. The molecule has 0 aliphatic rings. The average molecular weight is 350 g/mol. The summed E-state index contributed by atoms with van der Waals surface area (Å²) in [6, 6.07) is 8.67. The van der Waals surface area contributed by atoms with Gasteiger partial charge in [-0.15, -0.1) is 26.3 Å². The van der Waals surface area contributed by atoms with Crippen LogP contribution in [0.1, 0.15) is 15.9 Å². The molecule has 128 valence electrons. The smallest absolute Gasteiger partial charge is 0.405 e. The zero-order valence-electron chi connectivity index (χ0n) is 11.6. The van der Waals surface area contributed by atoms with Crippen LogP contribution < -0.4 is 9.47 Å². The van der Waals surface area contributed by atoms with Crippen molar-refractivity contribution in [1.82, 2.24) is 0 Å². The van der Waals surface area contributed by atoms with Gasteiger partial charge in [0.2, 0.25) is 0 Å². The zero-order chi connectivity index (χ0) is 18.0. The van der Waals surface area contributed by atoms with Crippen molar-refractivity contribution in [3.8, 4) is 11.5 Å². The number of ether oxygens (including phenoxy) is 2. The van der Waals surface area contributed by atoms with Crippen molar-refractivity contribution in [2.45, 2.75) is 12.7 Å². The van der Waals surface area contributed by atoms with Crippen molar-refractivity contribution in [2.75, 3.05) is 0 Å². The van der Waals surface area contributed by atoms with E-state index >= 15 is 0 Å². The number of carbonyl (C=O) groups is 1. The van der Waals surface area contributed by atoms with Gasteiger partial charge >= 0.3 is 12.7 Å². The van der Waals surface area contributed by atoms with E-state index < -0.39 is 41.1 Å². The first-order valence-electron chi connectivity index (χ1n) is 6.31. The molecule has 9 heteroatoms. The lowest BCUT2D eigenvalue weighted by Crippen LogP contribution is -2.21. The number of carbonyl (C=O) groups excluding carboxylic acids is 1. The molecule has 0 amide bonds. The summed E-state index contributed by atoms with van der Waals surface area (Å²) in [5, 5.41) is 0. The molecular formula is C15H8F6O3. The fourth-order valence-corrected chi connectivity index (χ4v) is 1.88. The van der Waals surface area contributed by atoms with Crippen LogP contribution in [0.2, 0.25) is 0 Å². The lowest BCUT2D eigenvalue weighted by Gasteiger charge is -2.15. The van der Waals surface area contributed by atoms with Crippen LogP contribution in [0.3, 0.4) is 0 Å². The predicted molar refractivity (Wildman–Crippen MR) is 69.7 cm³/mol. The Morgan fingerprint density at radius 2 is 1.00 bits per heavy atom. The van der Waals surface area contributed by atoms with Crippen LogP contribution in [0.4, 0.5) is 26.3 Å². The molecule has 0 fully saturated rings. The van der Waals surface area contributed by atoms with E-state index in [9.17, 15) is 31.1 Å². The third-order valence-corrected chi connectivity index (χ3v) is 2.71. The number of hydrogen-bond donors (Lipinski definition) is 0. The Hall–Kier alpha value is -2.71. The van der Waals surface area contributed by atoms with Gasteiger partial charge in [-0.3, -0.25) is 4.79 Å². The topological polar surface area (TPSA) is 35.5 Å². The molecule has 0 unspecified atom stereocenters. The van der Waals surface area contributed by atoms with Crippen molar-refractivity contribution in [2.24, 2.45) is 0 Å². The molecule has 0 saturated heterocycles. The van der Waals surface area contributed by atoms with Crippen LogP contribution in [0, 0.1) is 0 Å². The lowest BCUT2D eigenvalue weighted by atomic mass is 10.0. The minimum absolute atomic E-state index is 0.548. The number of alkyl halides is 6. The van der Waals surface area contributed by atoms with E-state index in [0.717, 1.165) is 24.3 Å². The number of benzene rings is 2. The third kappa shape index (κ3) is 4.64. The number of hydrogen-bond acceptors (Lipinski definition) is 3. The second-order valence-corrected chi connectivity index (χ2v) is 4.42. The molecular weight excluding hydrogens is 342 g/mol. The summed E-state index contributed by atoms with van der Waals surface area (Å²) in [5.41, 5.74) is -1.10. The van der Waals surface area contributed by atoms with Crippen molar-refractivity contribution in [3.05, 3.63) is 59.7 Å². The monoisotopic (exact) mass is 350 g/mol. The van der Waals surface area contributed by atoms with Crippen molar-refractivity contribution in [1.29, 1.82) is 0 Å². The molecule has 0 heterocycles. The van der Waals surface area contributed by atoms with Gasteiger partial charge in [-0.25, -0.2) is 0 Å². The second-order valence-electron chi connectivity index (χ2n) is 4.42. The Labute approximate surface area is 131 Å². The average Bonchev–Trinajstić information content (AvgIpc) is 2.44. The minimum Gasteiger partial charge on any atom is -0.405 e. The van der Waals surface area contributed by atoms with E-state index in [0.29, 0.717) is 0 Å². The summed E-state index contributed by atoms with van der Waals surface area (Å²) in [4.78, 5) is 12.4. The predicted octanol–water partition coefficient (Wildman–Crippen LogP) is 4.71.